The topological polar surface area (TPSA) is 67.1 Å². The number of fused-ring (bicyclic) bond motifs is 1. The Morgan fingerprint density at radius 3 is 2.74 bits per heavy atom. The molecule has 1 amide bonds. The van der Waals surface area contributed by atoms with E-state index in [2.05, 4.69) is 11.8 Å². The molecule has 2 aromatic heterocycles. The molecule has 1 fully saturated rings. The van der Waals surface area contributed by atoms with Gasteiger partial charge in [-0.25, -0.2) is 9.78 Å². The first-order chi connectivity index (χ1) is 13.1. The maximum atomic E-state index is 11.8. The fraction of sp³-hybridized carbons (Fsp3) is 0.238. The van der Waals surface area contributed by atoms with Gasteiger partial charge in [0.1, 0.15) is 22.6 Å². The van der Waals surface area contributed by atoms with Crippen LogP contribution in [0.2, 0.25) is 0 Å². The number of benzene rings is 1. The number of carboxylic acid groups (broad SMARTS) is 1. The number of hydrogen-bond donors (Lipinski definition) is 1. The zero-order valence-corrected chi connectivity index (χ0v) is 14.9. The van der Waals surface area contributed by atoms with E-state index in [0.717, 1.165) is 11.2 Å². The number of nitrogens with zero attached hydrogens (tertiary/aromatic N) is 3. The number of pyridine rings is 1. The van der Waals surface area contributed by atoms with Gasteiger partial charge in [0.15, 0.2) is 0 Å². The first-order valence-electron chi connectivity index (χ1n) is 8.72. The molecule has 6 nitrogen and oxygen atoms in total. The van der Waals surface area contributed by atoms with Gasteiger partial charge < -0.3 is 9.84 Å². The zero-order chi connectivity index (χ0) is 18.9. The zero-order valence-electron chi connectivity index (χ0n) is 14.9. The summed E-state index contributed by atoms with van der Waals surface area (Å²) in [6.07, 6.45) is 0.902. The molecule has 1 atom stereocenters. The van der Waals surface area contributed by atoms with Gasteiger partial charge in [0, 0.05) is 18.3 Å². The third-order valence-corrected chi connectivity index (χ3v) is 4.81. The molecule has 1 N–H and O–H groups in total. The summed E-state index contributed by atoms with van der Waals surface area (Å²) in [6.45, 7) is 2.75. The van der Waals surface area contributed by atoms with Gasteiger partial charge in [-0.1, -0.05) is 30.2 Å². The summed E-state index contributed by atoms with van der Waals surface area (Å²) in [5.74, 6) is 6.37. The van der Waals surface area contributed by atoms with E-state index in [9.17, 15) is 9.90 Å². The van der Waals surface area contributed by atoms with Crippen LogP contribution in [0.3, 0.4) is 0 Å². The molecule has 1 saturated heterocycles. The standard InChI is InChI=1S/C21H19N3O3/c1-21(15-27-14-13-24(21)20(25)26)19-17(11-10-16-7-3-2-4-8-16)23-12-6-5-9-18(23)22-19/h2-9,12H,13-15H2,1H3,(H,25,26). The van der Waals surface area contributed by atoms with Crippen LogP contribution >= 0.6 is 0 Å². The van der Waals surface area contributed by atoms with E-state index in [1.807, 2.05) is 66.1 Å². The molecule has 1 aliphatic rings. The number of morpholine rings is 1. The molecular formula is C21H19N3O3. The first-order valence-corrected chi connectivity index (χ1v) is 8.72. The van der Waals surface area contributed by atoms with Gasteiger partial charge in [-0.05, 0) is 37.1 Å². The van der Waals surface area contributed by atoms with Crippen molar-refractivity contribution < 1.29 is 14.6 Å². The second-order valence-corrected chi connectivity index (χ2v) is 6.61. The van der Waals surface area contributed by atoms with Crippen molar-refractivity contribution in [3.8, 4) is 11.8 Å². The number of amides is 1. The Hall–Kier alpha value is -3.30. The van der Waals surface area contributed by atoms with E-state index in [1.165, 1.54) is 4.90 Å². The largest absolute Gasteiger partial charge is 0.465 e. The monoisotopic (exact) mass is 361 g/mol. The number of aromatic nitrogens is 2. The van der Waals surface area contributed by atoms with E-state index in [-0.39, 0.29) is 6.61 Å². The molecule has 6 heteroatoms. The second kappa shape index (κ2) is 6.78. The van der Waals surface area contributed by atoms with Gasteiger partial charge in [-0.2, -0.15) is 0 Å². The molecule has 3 aromatic rings. The van der Waals surface area contributed by atoms with E-state index >= 15 is 0 Å². The van der Waals surface area contributed by atoms with Crippen LogP contribution in [0.4, 0.5) is 4.79 Å². The summed E-state index contributed by atoms with van der Waals surface area (Å²) in [6, 6.07) is 15.4. The van der Waals surface area contributed by atoms with Crippen molar-refractivity contribution >= 4 is 11.7 Å². The normalized spacial score (nSPS) is 19.5. The van der Waals surface area contributed by atoms with Crippen LogP contribution < -0.4 is 0 Å². The van der Waals surface area contributed by atoms with Crippen LogP contribution in [0.25, 0.3) is 5.65 Å². The van der Waals surface area contributed by atoms with E-state index in [4.69, 9.17) is 9.72 Å². The van der Waals surface area contributed by atoms with Gasteiger partial charge in [-0.3, -0.25) is 9.30 Å². The van der Waals surface area contributed by atoms with Crippen LogP contribution in [0.15, 0.2) is 54.7 Å². The maximum absolute atomic E-state index is 11.8. The van der Waals surface area contributed by atoms with E-state index in [0.29, 0.717) is 24.5 Å². The molecule has 0 radical (unpaired) electrons. The lowest BCUT2D eigenvalue weighted by Gasteiger charge is -2.41. The lowest BCUT2D eigenvalue weighted by molar-refractivity contribution is -0.0522. The highest BCUT2D eigenvalue weighted by Crippen LogP contribution is 2.33. The Morgan fingerprint density at radius 2 is 1.96 bits per heavy atom. The second-order valence-electron chi connectivity index (χ2n) is 6.61. The molecule has 0 spiro atoms. The summed E-state index contributed by atoms with van der Waals surface area (Å²) in [4.78, 5) is 18.0. The van der Waals surface area contributed by atoms with Crippen LogP contribution in [0.5, 0.6) is 0 Å². The molecule has 0 aliphatic carbocycles. The minimum Gasteiger partial charge on any atom is -0.465 e. The Kier molecular flexibility index (Phi) is 4.30. The first kappa shape index (κ1) is 17.1. The molecule has 3 heterocycles. The van der Waals surface area contributed by atoms with Crippen molar-refractivity contribution in [2.45, 2.75) is 12.5 Å². The molecule has 0 saturated carbocycles. The Morgan fingerprint density at radius 1 is 1.19 bits per heavy atom. The highest BCUT2D eigenvalue weighted by Gasteiger charge is 2.43. The summed E-state index contributed by atoms with van der Waals surface area (Å²) in [7, 11) is 0. The third kappa shape index (κ3) is 3.03. The fourth-order valence-electron chi connectivity index (χ4n) is 3.40. The van der Waals surface area contributed by atoms with Crippen molar-refractivity contribution in [2.24, 2.45) is 0 Å². The van der Waals surface area contributed by atoms with Gasteiger partial charge >= 0.3 is 6.09 Å². The van der Waals surface area contributed by atoms with Crippen LogP contribution in [-0.4, -0.2) is 45.2 Å². The molecule has 1 aliphatic heterocycles. The summed E-state index contributed by atoms with van der Waals surface area (Å²) < 4.78 is 7.53. The molecule has 4 rings (SSSR count). The van der Waals surface area contributed by atoms with Gasteiger partial charge in [-0.15, -0.1) is 0 Å². The van der Waals surface area contributed by atoms with Crippen LogP contribution in [0.1, 0.15) is 23.9 Å². The van der Waals surface area contributed by atoms with Crippen LogP contribution in [0, 0.1) is 11.8 Å². The van der Waals surface area contributed by atoms with E-state index in [1.54, 1.807) is 0 Å². The lowest BCUT2D eigenvalue weighted by Crippen LogP contribution is -2.55. The Balaban J connectivity index is 1.90. The summed E-state index contributed by atoms with van der Waals surface area (Å²) >= 11 is 0. The minimum absolute atomic E-state index is 0.239. The van der Waals surface area contributed by atoms with Crippen molar-refractivity contribution in [3.05, 3.63) is 71.7 Å². The lowest BCUT2D eigenvalue weighted by atomic mass is 9.93. The predicted octanol–water partition coefficient (Wildman–Crippen LogP) is 2.96. The van der Waals surface area contributed by atoms with Crippen molar-refractivity contribution in [1.29, 1.82) is 0 Å². The minimum atomic E-state index is -0.986. The number of imidazole rings is 1. The summed E-state index contributed by atoms with van der Waals surface area (Å²) in [5.41, 5.74) is 1.99. The Bertz CT molecular complexity index is 1050. The molecule has 1 unspecified atom stereocenters. The third-order valence-electron chi connectivity index (χ3n) is 4.81. The predicted molar refractivity (Wildman–Crippen MR) is 101 cm³/mol. The highest BCUT2D eigenvalue weighted by atomic mass is 16.5. The summed E-state index contributed by atoms with van der Waals surface area (Å²) in [5, 5.41) is 9.71. The van der Waals surface area contributed by atoms with E-state index < -0.39 is 11.6 Å². The Labute approximate surface area is 157 Å². The molecule has 136 valence electrons. The average Bonchev–Trinajstić information content (AvgIpc) is 3.07. The van der Waals surface area contributed by atoms with Gasteiger partial charge in [0.2, 0.25) is 0 Å². The highest BCUT2D eigenvalue weighted by molar-refractivity contribution is 5.67. The number of rotatable bonds is 1. The molecule has 0 bridgehead atoms. The molecule has 27 heavy (non-hydrogen) atoms. The van der Waals surface area contributed by atoms with Crippen LogP contribution in [-0.2, 0) is 10.3 Å². The van der Waals surface area contributed by atoms with Gasteiger partial charge in [0.05, 0.1) is 13.2 Å². The maximum Gasteiger partial charge on any atom is 0.408 e. The van der Waals surface area contributed by atoms with Crippen molar-refractivity contribution in [2.75, 3.05) is 19.8 Å². The quantitative estimate of drug-likeness (QED) is 0.677. The van der Waals surface area contributed by atoms with Crippen molar-refractivity contribution in [1.82, 2.24) is 14.3 Å². The fourth-order valence-corrected chi connectivity index (χ4v) is 3.40. The molecular weight excluding hydrogens is 342 g/mol. The smallest absolute Gasteiger partial charge is 0.408 e. The number of carbonyl (C=O) groups is 1. The number of ether oxygens (including phenoxy) is 1. The number of hydrogen-bond acceptors (Lipinski definition) is 3. The SMILES string of the molecule is CC1(c2nc3ccccn3c2C#Cc2ccccc2)COCCN1C(=O)O. The van der Waals surface area contributed by atoms with Gasteiger partial charge in [0.25, 0.3) is 0 Å². The molecule has 1 aromatic carbocycles. The van der Waals surface area contributed by atoms with Crippen molar-refractivity contribution in [3.63, 3.8) is 0 Å². The average molecular weight is 361 g/mol.